The molecule has 5 N–H and O–H groups in total. The summed E-state index contributed by atoms with van der Waals surface area (Å²) < 4.78 is 15.7. The Kier molecular flexibility index (Phi) is 15.3. The molecule has 1 unspecified atom stereocenters. The number of anilines is 1. The van der Waals surface area contributed by atoms with Gasteiger partial charge in [-0.05, 0) is 69.9 Å². The number of hydrogen-bond acceptors (Lipinski definition) is 10. The van der Waals surface area contributed by atoms with E-state index in [2.05, 4.69) is 10.6 Å². The second-order valence-corrected chi connectivity index (χ2v) is 12.1. The zero-order valence-electron chi connectivity index (χ0n) is 28.3. The standard InChI is InChI=1S/C34H45N3O12/c1-6-10-22(30(41)42)20-37(29(40)31(43)44)23-15-13-21(14-16-23)19-24(36-33(46)49-34(2,3)4)28(39)35-17-7-8-18-48-26-12-9-11-25(38)27(26)32(45)47-5/h9,11-16,22,24,38H,6-8,10,17-20H2,1-5H3,(H,35,39)(H,36,46)(H,41,42)(H,43,44)/t22?,24-/m0/s1. The zero-order chi connectivity index (χ0) is 36.7. The maximum absolute atomic E-state index is 13.2. The fourth-order valence-electron chi connectivity index (χ4n) is 4.68. The highest BCUT2D eigenvalue weighted by molar-refractivity contribution is 6.37. The fourth-order valence-corrected chi connectivity index (χ4v) is 4.68. The number of methoxy groups -OCH3 is 1. The van der Waals surface area contributed by atoms with Crippen LogP contribution in [0.15, 0.2) is 42.5 Å². The summed E-state index contributed by atoms with van der Waals surface area (Å²) in [6.07, 6.45) is 0.875. The molecule has 0 fully saturated rings. The highest BCUT2D eigenvalue weighted by Gasteiger charge is 2.29. The lowest BCUT2D eigenvalue weighted by Crippen LogP contribution is -2.49. The van der Waals surface area contributed by atoms with Crippen molar-refractivity contribution in [3.05, 3.63) is 53.6 Å². The number of nitrogens with one attached hydrogen (secondary N) is 2. The first-order chi connectivity index (χ1) is 23.1. The van der Waals surface area contributed by atoms with E-state index in [9.17, 15) is 44.1 Å². The quantitative estimate of drug-likeness (QED) is 0.0917. The fraction of sp³-hybridized carbons (Fsp3) is 0.471. The van der Waals surface area contributed by atoms with Gasteiger partial charge in [0.25, 0.3) is 0 Å². The van der Waals surface area contributed by atoms with Crippen LogP contribution < -0.4 is 20.3 Å². The van der Waals surface area contributed by atoms with Gasteiger partial charge in [0.15, 0.2) is 0 Å². The lowest BCUT2D eigenvalue weighted by molar-refractivity contribution is -0.149. The zero-order valence-corrected chi connectivity index (χ0v) is 28.3. The van der Waals surface area contributed by atoms with E-state index in [0.717, 1.165) is 4.90 Å². The largest absolute Gasteiger partial charge is 0.507 e. The minimum atomic E-state index is -1.74. The number of benzene rings is 2. The summed E-state index contributed by atoms with van der Waals surface area (Å²) in [4.78, 5) is 74.4. The van der Waals surface area contributed by atoms with Crippen LogP contribution in [0.5, 0.6) is 11.5 Å². The van der Waals surface area contributed by atoms with Crippen molar-refractivity contribution in [1.29, 1.82) is 0 Å². The molecule has 0 aliphatic rings. The van der Waals surface area contributed by atoms with Crippen molar-refractivity contribution in [2.45, 2.75) is 71.4 Å². The number of aliphatic carboxylic acids is 2. The third-order valence-corrected chi connectivity index (χ3v) is 7.03. The van der Waals surface area contributed by atoms with Crippen LogP contribution in [0.2, 0.25) is 0 Å². The van der Waals surface area contributed by atoms with Gasteiger partial charge in [-0.1, -0.05) is 31.5 Å². The monoisotopic (exact) mass is 687 g/mol. The molecule has 268 valence electrons. The highest BCUT2D eigenvalue weighted by Crippen LogP contribution is 2.28. The molecule has 0 spiro atoms. The Morgan fingerprint density at radius 2 is 1.63 bits per heavy atom. The van der Waals surface area contributed by atoms with Crippen LogP contribution in [-0.2, 0) is 35.1 Å². The molecule has 2 atom stereocenters. The molecule has 2 aromatic carbocycles. The van der Waals surface area contributed by atoms with Gasteiger partial charge in [-0.2, -0.15) is 0 Å². The number of carbonyl (C=O) groups excluding carboxylic acids is 4. The molecule has 3 amide bonds. The van der Waals surface area contributed by atoms with Crippen LogP contribution >= 0.6 is 0 Å². The van der Waals surface area contributed by atoms with Crippen LogP contribution in [0.4, 0.5) is 10.5 Å². The Morgan fingerprint density at radius 3 is 2.20 bits per heavy atom. The SMILES string of the molecule is CCCC(CN(C(=O)C(=O)O)c1ccc(C[C@H](NC(=O)OC(C)(C)C)C(=O)NCCCCOc2cccc(O)c2C(=O)OC)cc1)C(=O)O. The van der Waals surface area contributed by atoms with Gasteiger partial charge in [-0.15, -0.1) is 0 Å². The van der Waals surface area contributed by atoms with E-state index in [0.29, 0.717) is 24.8 Å². The number of phenolic OH excluding ortho intramolecular Hbond substituents is 1. The number of carboxylic acids is 2. The van der Waals surface area contributed by atoms with Gasteiger partial charge in [0.1, 0.15) is 28.7 Å². The van der Waals surface area contributed by atoms with E-state index in [1.165, 1.54) is 37.4 Å². The molecule has 0 bridgehead atoms. The molecule has 0 radical (unpaired) electrons. The Hall–Kier alpha value is -5.34. The Morgan fingerprint density at radius 1 is 0.959 bits per heavy atom. The third-order valence-electron chi connectivity index (χ3n) is 7.03. The van der Waals surface area contributed by atoms with Crippen molar-refractivity contribution in [3.8, 4) is 11.5 Å². The summed E-state index contributed by atoms with van der Waals surface area (Å²) in [6.45, 7) is 6.84. The summed E-state index contributed by atoms with van der Waals surface area (Å²) in [5.74, 6) is -6.53. The van der Waals surface area contributed by atoms with Gasteiger partial charge in [0.2, 0.25) is 5.91 Å². The lowest BCUT2D eigenvalue weighted by Gasteiger charge is -2.25. The van der Waals surface area contributed by atoms with E-state index in [-0.39, 0.29) is 55.3 Å². The normalized spacial score (nSPS) is 12.2. The number of alkyl carbamates (subject to hydrolysis) is 1. The lowest BCUT2D eigenvalue weighted by atomic mass is 10.0. The van der Waals surface area contributed by atoms with Crippen molar-refractivity contribution >= 4 is 41.5 Å². The predicted molar refractivity (Wildman–Crippen MR) is 177 cm³/mol. The summed E-state index contributed by atoms with van der Waals surface area (Å²) in [5.41, 5.74) is -0.218. The van der Waals surface area contributed by atoms with E-state index in [4.69, 9.17) is 14.2 Å². The van der Waals surface area contributed by atoms with E-state index in [1.807, 2.05) is 0 Å². The first-order valence-corrected chi connectivity index (χ1v) is 15.7. The van der Waals surface area contributed by atoms with Crippen molar-refractivity contribution in [1.82, 2.24) is 10.6 Å². The summed E-state index contributed by atoms with van der Waals surface area (Å²) in [6, 6.07) is 9.29. The van der Waals surface area contributed by atoms with Crippen molar-refractivity contribution in [2.24, 2.45) is 5.92 Å². The summed E-state index contributed by atoms with van der Waals surface area (Å²) >= 11 is 0. The average Bonchev–Trinajstić information content (AvgIpc) is 3.03. The Balaban J connectivity index is 2.11. The number of phenols is 1. The van der Waals surface area contributed by atoms with Crippen molar-refractivity contribution in [2.75, 3.05) is 31.7 Å². The molecule has 0 aliphatic carbocycles. The van der Waals surface area contributed by atoms with E-state index >= 15 is 0 Å². The molecule has 2 aromatic rings. The van der Waals surface area contributed by atoms with Gasteiger partial charge in [-0.25, -0.2) is 14.4 Å². The molecule has 0 aromatic heterocycles. The van der Waals surface area contributed by atoms with Gasteiger partial charge in [0, 0.05) is 25.2 Å². The van der Waals surface area contributed by atoms with E-state index < -0.39 is 53.4 Å². The first kappa shape index (κ1) is 39.8. The second kappa shape index (κ2) is 18.9. The number of carbonyl (C=O) groups is 6. The number of rotatable bonds is 17. The molecule has 0 saturated heterocycles. The minimum absolute atomic E-state index is 0.00271. The molecular formula is C34H45N3O12. The van der Waals surface area contributed by atoms with Crippen LogP contribution in [0.25, 0.3) is 0 Å². The van der Waals surface area contributed by atoms with E-state index in [1.54, 1.807) is 39.8 Å². The molecule has 0 aliphatic heterocycles. The molecule has 15 heteroatoms. The number of hydrogen-bond donors (Lipinski definition) is 5. The van der Waals surface area contributed by atoms with Crippen LogP contribution in [0, 0.1) is 5.92 Å². The van der Waals surface area contributed by atoms with Crippen molar-refractivity contribution in [3.63, 3.8) is 0 Å². The van der Waals surface area contributed by atoms with Gasteiger partial charge in [-0.3, -0.25) is 14.4 Å². The maximum Gasteiger partial charge on any atom is 0.408 e. The molecular weight excluding hydrogens is 642 g/mol. The van der Waals surface area contributed by atoms with Crippen molar-refractivity contribution < 1.29 is 58.3 Å². The minimum Gasteiger partial charge on any atom is -0.507 e. The molecule has 15 nitrogen and oxygen atoms in total. The number of aromatic hydroxyl groups is 1. The predicted octanol–water partition coefficient (Wildman–Crippen LogP) is 3.51. The van der Waals surface area contributed by atoms with Crippen LogP contribution in [0.1, 0.15) is 69.3 Å². The van der Waals surface area contributed by atoms with Gasteiger partial charge < -0.3 is 45.1 Å². The summed E-state index contributed by atoms with van der Waals surface area (Å²) in [5, 5.41) is 34.2. The number of amides is 3. The molecule has 0 heterocycles. The molecule has 0 saturated carbocycles. The van der Waals surface area contributed by atoms with Gasteiger partial charge in [0.05, 0.1) is 19.6 Å². The number of unbranched alkanes of at least 4 members (excludes halogenated alkanes) is 1. The second-order valence-electron chi connectivity index (χ2n) is 12.1. The maximum atomic E-state index is 13.2. The average molecular weight is 688 g/mol. The molecule has 49 heavy (non-hydrogen) atoms. The Labute approximate surface area is 284 Å². The molecule has 2 rings (SSSR count). The smallest absolute Gasteiger partial charge is 0.408 e. The third kappa shape index (κ3) is 13.0. The topological polar surface area (TPSA) is 218 Å². The highest BCUT2D eigenvalue weighted by atomic mass is 16.6. The number of carboxylic acid groups (broad SMARTS) is 2. The number of nitrogens with zero attached hydrogens (tertiary/aromatic N) is 1. The first-order valence-electron chi connectivity index (χ1n) is 15.7. The Bertz CT molecular complexity index is 1470. The summed E-state index contributed by atoms with van der Waals surface area (Å²) in [7, 11) is 1.19. The van der Waals surface area contributed by atoms with Gasteiger partial charge >= 0.3 is 29.9 Å². The van der Waals surface area contributed by atoms with Crippen LogP contribution in [0.3, 0.4) is 0 Å². The number of ether oxygens (including phenoxy) is 3. The van der Waals surface area contributed by atoms with Crippen LogP contribution in [-0.4, -0.2) is 89.6 Å². The number of esters is 1.